The Balaban J connectivity index is 2.31. The maximum atomic E-state index is 12.6. The Morgan fingerprint density at radius 2 is 1.81 bits per heavy atom. The summed E-state index contributed by atoms with van der Waals surface area (Å²) in [6.07, 6.45) is 0. The largest absolute Gasteiger partial charge is 0.375 e. The molecule has 0 aliphatic carbocycles. The van der Waals surface area contributed by atoms with E-state index in [1.54, 1.807) is 18.2 Å². The van der Waals surface area contributed by atoms with Gasteiger partial charge in [0.1, 0.15) is 0 Å². The molecule has 0 aliphatic heterocycles. The van der Waals surface area contributed by atoms with Crippen LogP contribution in [0.5, 0.6) is 0 Å². The number of amides is 1. The third kappa shape index (κ3) is 4.44. The van der Waals surface area contributed by atoms with Crippen LogP contribution in [0.25, 0.3) is 0 Å². The molecule has 0 spiro atoms. The van der Waals surface area contributed by atoms with Gasteiger partial charge in [-0.25, -0.2) is 12.7 Å². The number of anilines is 2. The zero-order chi connectivity index (χ0) is 19.5. The molecule has 2 aromatic carbocycles. The van der Waals surface area contributed by atoms with Gasteiger partial charge in [0, 0.05) is 49.1 Å². The first kappa shape index (κ1) is 20.4. The first-order valence-corrected chi connectivity index (χ1v) is 10.2. The number of benzene rings is 2. The van der Waals surface area contributed by atoms with Crippen LogP contribution in [0.3, 0.4) is 0 Å². The van der Waals surface area contributed by atoms with Gasteiger partial charge in [-0.3, -0.25) is 4.79 Å². The number of hydrogen-bond acceptors (Lipinski definition) is 4. The second-order valence-corrected chi connectivity index (χ2v) is 8.93. The van der Waals surface area contributed by atoms with E-state index in [2.05, 4.69) is 26.1 Å². The number of rotatable bonds is 6. The van der Waals surface area contributed by atoms with Crippen molar-refractivity contribution < 1.29 is 13.2 Å². The predicted molar refractivity (Wildman–Crippen MR) is 108 cm³/mol. The van der Waals surface area contributed by atoms with Crippen LogP contribution in [-0.2, 0) is 10.0 Å². The van der Waals surface area contributed by atoms with Gasteiger partial charge in [-0.15, -0.1) is 0 Å². The molecule has 0 saturated heterocycles. The van der Waals surface area contributed by atoms with E-state index in [4.69, 9.17) is 0 Å². The maximum absolute atomic E-state index is 12.6. The van der Waals surface area contributed by atoms with Gasteiger partial charge in [-0.05, 0) is 59.3 Å². The SMILES string of the molecule is CCN(C)c1cccc(NC(=O)c2ccc(Br)c(S(=O)(=O)N(C)C)c2)c1. The number of sulfonamides is 1. The lowest BCUT2D eigenvalue weighted by atomic mass is 10.2. The number of halogens is 1. The van der Waals surface area contributed by atoms with Crippen LogP contribution in [0.4, 0.5) is 11.4 Å². The van der Waals surface area contributed by atoms with Gasteiger partial charge in [0.15, 0.2) is 0 Å². The fourth-order valence-corrected chi connectivity index (χ4v) is 4.09. The summed E-state index contributed by atoms with van der Waals surface area (Å²) in [5, 5.41) is 2.82. The highest BCUT2D eigenvalue weighted by molar-refractivity contribution is 9.10. The summed E-state index contributed by atoms with van der Waals surface area (Å²) in [5.41, 5.74) is 1.90. The highest BCUT2D eigenvalue weighted by Gasteiger charge is 2.22. The molecule has 6 nitrogen and oxygen atoms in total. The molecule has 0 unspecified atom stereocenters. The minimum atomic E-state index is -3.66. The van der Waals surface area contributed by atoms with Crippen molar-refractivity contribution in [3.63, 3.8) is 0 Å². The Hall–Kier alpha value is -1.90. The number of carbonyl (C=O) groups is 1. The number of hydrogen-bond donors (Lipinski definition) is 1. The van der Waals surface area contributed by atoms with Crippen LogP contribution in [-0.4, -0.2) is 46.3 Å². The van der Waals surface area contributed by atoms with Gasteiger partial charge in [0.05, 0.1) is 4.90 Å². The summed E-state index contributed by atoms with van der Waals surface area (Å²) in [6, 6.07) is 12.0. The minimum absolute atomic E-state index is 0.0506. The van der Waals surface area contributed by atoms with Gasteiger partial charge < -0.3 is 10.2 Å². The van der Waals surface area contributed by atoms with E-state index in [1.165, 1.54) is 20.2 Å². The van der Waals surface area contributed by atoms with Crippen LogP contribution in [0.15, 0.2) is 51.8 Å². The Kier molecular flexibility index (Phi) is 6.44. The van der Waals surface area contributed by atoms with E-state index >= 15 is 0 Å². The molecule has 0 heterocycles. The molecule has 26 heavy (non-hydrogen) atoms. The molecular formula is C18H22BrN3O3S. The molecule has 1 N–H and O–H groups in total. The van der Waals surface area contributed by atoms with E-state index in [0.29, 0.717) is 10.2 Å². The monoisotopic (exact) mass is 439 g/mol. The fourth-order valence-electron chi connectivity index (χ4n) is 2.25. The lowest BCUT2D eigenvalue weighted by Crippen LogP contribution is -2.23. The molecule has 0 aromatic heterocycles. The summed E-state index contributed by atoms with van der Waals surface area (Å²) >= 11 is 3.24. The van der Waals surface area contributed by atoms with Crippen LogP contribution in [0, 0.1) is 0 Å². The fraction of sp³-hybridized carbons (Fsp3) is 0.278. The van der Waals surface area contributed by atoms with Crippen molar-refractivity contribution >= 4 is 43.2 Å². The lowest BCUT2D eigenvalue weighted by molar-refractivity contribution is 0.102. The van der Waals surface area contributed by atoms with Crippen molar-refractivity contribution in [2.75, 3.05) is 37.9 Å². The van der Waals surface area contributed by atoms with E-state index in [-0.39, 0.29) is 16.4 Å². The van der Waals surface area contributed by atoms with Crippen LogP contribution < -0.4 is 10.2 Å². The van der Waals surface area contributed by atoms with Crippen LogP contribution in [0.1, 0.15) is 17.3 Å². The molecule has 8 heteroatoms. The highest BCUT2D eigenvalue weighted by Crippen LogP contribution is 2.26. The average Bonchev–Trinajstić information content (AvgIpc) is 2.61. The van der Waals surface area contributed by atoms with Gasteiger partial charge in [-0.2, -0.15) is 0 Å². The van der Waals surface area contributed by atoms with Crippen molar-refractivity contribution in [3.05, 3.63) is 52.5 Å². The molecular weight excluding hydrogens is 418 g/mol. The van der Waals surface area contributed by atoms with Crippen molar-refractivity contribution in [1.29, 1.82) is 0 Å². The number of nitrogens with one attached hydrogen (secondary N) is 1. The normalized spacial score (nSPS) is 11.5. The third-order valence-electron chi connectivity index (χ3n) is 3.97. The molecule has 0 bridgehead atoms. The smallest absolute Gasteiger partial charge is 0.255 e. The topological polar surface area (TPSA) is 69.7 Å². The first-order chi connectivity index (χ1) is 12.2. The molecule has 0 saturated carbocycles. The van der Waals surface area contributed by atoms with E-state index in [0.717, 1.165) is 16.5 Å². The third-order valence-corrected chi connectivity index (χ3v) is 6.78. The van der Waals surface area contributed by atoms with E-state index < -0.39 is 10.0 Å². The zero-order valence-electron chi connectivity index (χ0n) is 15.2. The molecule has 0 aliphatic rings. The van der Waals surface area contributed by atoms with E-state index in [1.807, 2.05) is 32.2 Å². The van der Waals surface area contributed by atoms with Crippen molar-refractivity contribution in [2.45, 2.75) is 11.8 Å². The molecule has 0 radical (unpaired) electrons. The zero-order valence-corrected chi connectivity index (χ0v) is 17.6. The van der Waals surface area contributed by atoms with Crippen LogP contribution >= 0.6 is 15.9 Å². The van der Waals surface area contributed by atoms with Gasteiger partial charge >= 0.3 is 0 Å². The van der Waals surface area contributed by atoms with Gasteiger partial charge in [-0.1, -0.05) is 6.07 Å². The minimum Gasteiger partial charge on any atom is -0.375 e. The molecule has 2 aromatic rings. The van der Waals surface area contributed by atoms with Crippen molar-refractivity contribution in [3.8, 4) is 0 Å². The van der Waals surface area contributed by atoms with Gasteiger partial charge in [0.25, 0.3) is 5.91 Å². The second kappa shape index (κ2) is 8.20. The number of carbonyl (C=O) groups excluding carboxylic acids is 1. The molecule has 0 atom stereocenters. The van der Waals surface area contributed by atoms with Gasteiger partial charge in [0.2, 0.25) is 10.0 Å². The quantitative estimate of drug-likeness (QED) is 0.748. The average molecular weight is 440 g/mol. The molecule has 2 rings (SSSR count). The number of nitrogens with zero attached hydrogens (tertiary/aromatic N) is 2. The van der Waals surface area contributed by atoms with Crippen LogP contribution in [0.2, 0.25) is 0 Å². The summed E-state index contributed by atoms with van der Waals surface area (Å²) in [5.74, 6) is -0.371. The summed E-state index contributed by atoms with van der Waals surface area (Å²) < 4.78 is 26.3. The summed E-state index contributed by atoms with van der Waals surface area (Å²) in [4.78, 5) is 14.7. The standard InChI is InChI=1S/C18H22BrN3O3S/c1-5-22(4)15-8-6-7-14(12-15)20-18(23)13-9-10-16(19)17(11-13)26(24,25)21(2)3/h6-12H,5H2,1-4H3,(H,20,23). The highest BCUT2D eigenvalue weighted by atomic mass is 79.9. The Morgan fingerprint density at radius 3 is 2.42 bits per heavy atom. The lowest BCUT2D eigenvalue weighted by Gasteiger charge is -2.18. The Labute approximate surface area is 163 Å². The van der Waals surface area contributed by atoms with E-state index in [9.17, 15) is 13.2 Å². The molecule has 0 fully saturated rings. The Bertz CT molecular complexity index is 914. The summed E-state index contributed by atoms with van der Waals surface area (Å²) in [7, 11) is 1.21. The first-order valence-electron chi connectivity index (χ1n) is 8.01. The molecule has 140 valence electrons. The predicted octanol–water partition coefficient (Wildman–Crippen LogP) is 3.41. The van der Waals surface area contributed by atoms with Crippen molar-refractivity contribution in [1.82, 2.24) is 4.31 Å². The Morgan fingerprint density at radius 1 is 1.12 bits per heavy atom. The summed E-state index contributed by atoms with van der Waals surface area (Å²) in [6.45, 7) is 2.88. The van der Waals surface area contributed by atoms with Crippen molar-refractivity contribution in [2.24, 2.45) is 0 Å². The molecule has 1 amide bonds. The second-order valence-electron chi connectivity index (χ2n) is 5.95. The maximum Gasteiger partial charge on any atom is 0.255 e.